The molecule has 0 aromatic carbocycles. The number of sulfone groups is 1. The van der Waals surface area contributed by atoms with Crippen molar-refractivity contribution in [2.45, 2.75) is 25.7 Å². The predicted molar refractivity (Wildman–Crippen MR) is 70.1 cm³/mol. The summed E-state index contributed by atoms with van der Waals surface area (Å²) in [6.45, 7) is 3.60. The minimum absolute atomic E-state index is 0.00796. The second-order valence-corrected chi connectivity index (χ2v) is 7.99. The van der Waals surface area contributed by atoms with Crippen LogP contribution in [0.5, 0.6) is 0 Å². The standard InChI is InChI=1S/C12H22N2O3S/c1-18(16,17)8-3-11(15)14-7-2-4-12(10-14)5-6-13-9-12/h13H,2-10H2,1H3. The molecule has 0 bridgehead atoms. The average Bonchev–Trinajstić information content (AvgIpc) is 2.73. The van der Waals surface area contributed by atoms with Gasteiger partial charge in [0.15, 0.2) is 0 Å². The third-order valence-corrected chi connectivity index (χ3v) is 4.98. The number of carbonyl (C=O) groups is 1. The van der Waals surface area contributed by atoms with Crippen molar-refractivity contribution in [1.82, 2.24) is 10.2 Å². The SMILES string of the molecule is CS(=O)(=O)CCC(=O)N1CCCC2(CCNC2)C1. The molecule has 1 amide bonds. The molecule has 18 heavy (non-hydrogen) atoms. The lowest BCUT2D eigenvalue weighted by Gasteiger charge is -2.40. The van der Waals surface area contributed by atoms with Crippen LogP contribution in [0.25, 0.3) is 0 Å². The molecule has 6 heteroatoms. The number of carbonyl (C=O) groups excluding carboxylic acids is 1. The molecule has 2 rings (SSSR count). The molecule has 0 aromatic rings. The minimum Gasteiger partial charge on any atom is -0.342 e. The highest BCUT2D eigenvalue weighted by Gasteiger charge is 2.39. The predicted octanol–water partition coefficient (Wildman–Crippen LogP) is 0.0232. The van der Waals surface area contributed by atoms with Crippen LogP contribution >= 0.6 is 0 Å². The zero-order chi connectivity index (χ0) is 13.2. The monoisotopic (exact) mass is 274 g/mol. The van der Waals surface area contributed by atoms with Crippen LogP contribution in [0.2, 0.25) is 0 Å². The van der Waals surface area contributed by atoms with Gasteiger partial charge in [-0.25, -0.2) is 8.42 Å². The van der Waals surface area contributed by atoms with Gasteiger partial charge in [0.05, 0.1) is 5.75 Å². The summed E-state index contributed by atoms with van der Waals surface area (Å²) in [5.74, 6) is -0.0421. The van der Waals surface area contributed by atoms with Crippen molar-refractivity contribution >= 4 is 15.7 Å². The molecular weight excluding hydrogens is 252 g/mol. The van der Waals surface area contributed by atoms with E-state index in [0.717, 1.165) is 39.0 Å². The summed E-state index contributed by atoms with van der Waals surface area (Å²) in [6, 6.07) is 0. The van der Waals surface area contributed by atoms with Crippen LogP contribution in [0.1, 0.15) is 25.7 Å². The van der Waals surface area contributed by atoms with Crippen LogP contribution in [-0.4, -0.2) is 57.4 Å². The van der Waals surface area contributed by atoms with Gasteiger partial charge in [-0.1, -0.05) is 0 Å². The topological polar surface area (TPSA) is 66.5 Å². The molecule has 104 valence electrons. The maximum Gasteiger partial charge on any atom is 0.223 e. The molecule has 0 radical (unpaired) electrons. The van der Waals surface area contributed by atoms with E-state index in [1.54, 1.807) is 0 Å². The number of hydrogen-bond donors (Lipinski definition) is 1. The first-order valence-corrected chi connectivity index (χ1v) is 8.63. The van der Waals surface area contributed by atoms with Crippen LogP contribution in [0.15, 0.2) is 0 Å². The highest BCUT2D eigenvalue weighted by atomic mass is 32.2. The molecule has 2 saturated heterocycles. The fraction of sp³-hybridized carbons (Fsp3) is 0.917. The summed E-state index contributed by atoms with van der Waals surface area (Å²) >= 11 is 0. The van der Waals surface area contributed by atoms with E-state index in [1.165, 1.54) is 12.7 Å². The fourth-order valence-corrected chi connectivity index (χ4v) is 3.54. The maximum absolute atomic E-state index is 12.0. The molecule has 2 aliphatic heterocycles. The van der Waals surface area contributed by atoms with Gasteiger partial charge in [-0.3, -0.25) is 4.79 Å². The second kappa shape index (κ2) is 5.17. The lowest BCUT2D eigenvalue weighted by atomic mass is 9.79. The molecule has 5 nitrogen and oxygen atoms in total. The minimum atomic E-state index is -3.05. The lowest BCUT2D eigenvalue weighted by molar-refractivity contribution is -0.134. The highest BCUT2D eigenvalue weighted by Crippen LogP contribution is 2.35. The zero-order valence-corrected chi connectivity index (χ0v) is 11.8. The van der Waals surface area contributed by atoms with Gasteiger partial charge in [0, 0.05) is 37.7 Å². The molecule has 0 aliphatic carbocycles. The van der Waals surface area contributed by atoms with Gasteiger partial charge in [0.1, 0.15) is 9.84 Å². The quantitative estimate of drug-likeness (QED) is 0.788. The van der Waals surface area contributed by atoms with Crippen molar-refractivity contribution in [2.75, 3.05) is 38.2 Å². The number of likely N-dealkylation sites (tertiary alicyclic amines) is 1. The first-order chi connectivity index (χ1) is 8.40. The van der Waals surface area contributed by atoms with Crippen LogP contribution in [-0.2, 0) is 14.6 Å². The Morgan fingerprint density at radius 2 is 2.17 bits per heavy atom. The smallest absolute Gasteiger partial charge is 0.223 e. The van der Waals surface area contributed by atoms with Gasteiger partial charge in [0.2, 0.25) is 5.91 Å². The van der Waals surface area contributed by atoms with Crippen LogP contribution < -0.4 is 5.32 Å². The van der Waals surface area contributed by atoms with Crippen molar-refractivity contribution in [3.63, 3.8) is 0 Å². The summed E-state index contributed by atoms with van der Waals surface area (Å²) in [5, 5.41) is 3.36. The average molecular weight is 274 g/mol. The number of amides is 1. The Morgan fingerprint density at radius 1 is 1.39 bits per heavy atom. The Balaban J connectivity index is 1.90. The van der Waals surface area contributed by atoms with Gasteiger partial charge in [-0.15, -0.1) is 0 Å². The molecular formula is C12H22N2O3S. The third kappa shape index (κ3) is 3.45. The lowest BCUT2D eigenvalue weighted by Crippen LogP contribution is -2.47. The van der Waals surface area contributed by atoms with E-state index in [9.17, 15) is 13.2 Å². The van der Waals surface area contributed by atoms with Gasteiger partial charge in [-0.2, -0.15) is 0 Å². The number of rotatable bonds is 3. The summed E-state index contributed by atoms with van der Waals surface area (Å²) in [6.07, 6.45) is 4.65. The Morgan fingerprint density at radius 3 is 2.78 bits per heavy atom. The first kappa shape index (κ1) is 13.8. The molecule has 0 aromatic heterocycles. The molecule has 1 N–H and O–H groups in total. The van der Waals surface area contributed by atoms with E-state index in [2.05, 4.69) is 5.32 Å². The van der Waals surface area contributed by atoms with Gasteiger partial charge in [-0.05, 0) is 25.8 Å². The van der Waals surface area contributed by atoms with Crippen molar-refractivity contribution < 1.29 is 13.2 Å². The number of nitrogens with one attached hydrogen (secondary N) is 1. The molecule has 1 spiro atoms. The van der Waals surface area contributed by atoms with Crippen molar-refractivity contribution in [1.29, 1.82) is 0 Å². The fourth-order valence-electron chi connectivity index (χ4n) is 3.00. The summed E-state index contributed by atoms with van der Waals surface area (Å²) in [5.41, 5.74) is 0.249. The van der Waals surface area contributed by atoms with Crippen LogP contribution in [0.4, 0.5) is 0 Å². The molecule has 1 atom stereocenters. The Kier molecular flexibility index (Phi) is 3.96. The third-order valence-electron chi connectivity index (χ3n) is 4.03. The van der Waals surface area contributed by atoms with E-state index in [-0.39, 0.29) is 23.5 Å². The van der Waals surface area contributed by atoms with Crippen molar-refractivity contribution in [3.05, 3.63) is 0 Å². The van der Waals surface area contributed by atoms with Gasteiger partial charge >= 0.3 is 0 Å². The van der Waals surface area contributed by atoms with E-state index >= 15 is 0 Å². The molecule has 0 saturated carbocycles. The van der Waals surface area contributed by atoms with Gasteiger partial charge in [0.25, 0.3) is 0 Å². The Bertz CT molecular complexity index is 413. The molecule has 2 heterocycles. The summed E-state index contributed by atoms with van der Waals surface area (Å²) in [4.78, 5) is 13.9. The van der Waals surface area contributed by atoms with Gasteiger partial charge < -0.3 is 10.2 Å². The number of nitrogens with zero attached hydrogens (tertiary/aromatic N) is 1. The number of piperidine rings is 1. The zero-order valence-electron chi connectivity index (χ0n) is 10.9. The Labute approximate surface area is 109 Å². The first-order valence-electron chi connectivity index (χ1n) is 6.57. The highest BCUT2D eigenvalue weighted by molar-refractivity contribution is 7.90. The van der Waals surface area contributed by atoms with E-state index < -0.39 is 9.84 Å². The van der Waals surface area contributed by atoms with Crippen LogP contribution in [0.3, 0.4) is 0 Å². The molecule has 2 fully saturated rings. The van der Waals surface area contributed by atoms with Crippen molar-refractivity contribution in [2.24, 2.45) is 5.41 Å². The van der Waals surface area contributed by atoms with E-state index in [1.807, 2.05) is 4.90 Å². The second-order valence-electron chi connectivity index (χ2n) is 5.73. The number of hydrogen-bond acceptors (Lipinski definition) is 4. The summed E-state index contributed by atoms with van der Waals surface area (Å²) < 4.78 is 22.2. The maximum atomic E-state index is 12.0. The van der Waals surface area contributed by atoms with Crippen molar-refractivity contribution in [3.8, 4) is 0 Å². The van der Waals surface area contributed by atoms with E-state index in [4.69, 9.17) is 0 Å². The van der Waals surface area contributed by atoms with E-state index in [0.29, 0.717) is 0 Å². The molecule has 1 unspecified atom stereocenters. The normalized spacial score (nSPS) is 28.8. The van der Waals surface area contributed by atoms with Crippen LogP contribution in [0, 0.1) is 5.41 Å². The molecule has 2 aliphatic rings. The largest absolute Gasteiger partial charge is 0.342 e. The summed E-state index contributed by atoms with van der Waals surface area (Å²) in [7, 11) is -3.05. The Hall–Kier alpha value is -0.620.